The highest BCUT2D eigenvalue weighted by molar-refractivity contribution is 6.10. The largest absolute Gasteiger partial charge is 0.454 e. The zero-order valence-corrected chi connectivity index (χ0v) is 19.5. The number of para-hydroxylation sites is 1. The molecule has 0 spiro atoms. The van der Waals surface area contributed by atoms with Crippen molar-refractivity contribution < 1.29 is 23.9 Å². The lowest BCUT2D eigenvalue weighted by atomic mass is 10.1. The van der Waals surface area contributed by atoms with Crippen LogP contribution in [0.2, 0.25) is 0 Å². The van der Waals surface area contributed by atoms with Crippen LogP contribution in [0.3, 0.4) is 0 Å². The normalized spacial score (nSPS) is 13.9. The molecule has 0 saturated heterocycles. The predicted molar refractivity (Wildman–Crippen MR) is 134 cm³/mol. The van der Waals surface area contributed by atoms with Crippen molar-refractivity contribution in [2.45, 2.75) is 25.4 Å². The van der Waals surface area contributed by atoms with Gasteiger partial charge in [-0.05, 0) is 54.8 Å². The number of ether oxygens (including phenoxy) is 2. The number of anilines is 2. The Kier molecular flexibility index (Phi) is 6.55. The Morgan fingerprint density at radius 3 is 2.42 bits per heavy atom. The topological polar surface area (TPSA) is 123 Å². The van der Waals surface area contributed by atoms with Crippen LogP contribution in [0.15, 0.2) is 66.7 Å². The number of carbonyl (C=O) groups is 3. The zero-order valence-electron chi connectivity index (χ0n) is 19.5. The van der Waals surface area contributed by atoms with Crippen LogP contribution < -0.4 is 25.8 Å². The van der Waals surface area contributed by atoms with E-state index in [9.17, 15) is 14.4 Å². The summed E-state index contributed by atoms with van der Waals surface area (Å²) in [6.07, 6.45) is 2.06. The average molecular weight is 487 g/mol. The molecular weight excluding hydrogens is 460 g/mol. The molecular formula is C27H26N4O5. The van der Waals surface area contributed by atoms with Crippen molar-refractivity contribution in [1.29, 1.82) is 0 Å². The SMILES string of the molecule is NC(=O)c1ccc(CN(CC(=O)Nc2ccccc2C(=O)Nc2ccc3c(c2)OCO3)C2CC2)cc1. The van der Waals surface area contributed by atoms with E-state index in [-0.39, 0.29) is 25.2 Å². The van der Waals surface area contributed by atoms with E-state index >= 15 is 0 Å². The van der Waals surface area contributed by atoms with Crippen LogP contribution in [-0.4, -0.2) is 42.0 Å². The van der Waals surface area contributed by atoms with Gasteiger partial charge in [0.2, 0.25) is 18.6 Å². The molecule has 36 heavy (non-hydrogen) atoms. The van der Waals surface area contributed by atoms with Gasteiger partial charge in [0.15, 0.2) is 11.5 Å². The molecule has 2 aliphatic rings. The number of amides is 3. The molecule has 4 N–H and O–H groups in total. The van der Waals surface area contributed by atoms with E-state index in [0.717, 1.165) is 18.4 Å². The molecule has 1 fully saturated rings. The predicted octanol–water partition coefficient (Wildman–Crippen LogP) is 3.37. The Labute approximate surface area is 208 Å². The smallest absolute Gasteiger partial charge is 0.257 e. The first kappa shape index (κ1) is 23.4. The average Bonchev–Trinajstić information content (AvgIpc) is 3.61. The van der Waals surface area contributed by atoms with E-state index in [1.165, 1.54) is 0 Å². The second-order valence-corrected chi connectivity index (χ2v) is 8.81. The van der Waals surface area contributed by atoms with E-state index in [0.29, 0.717) is 46.6 Å². The second kappa shape index (κ2) is 10.1. The number of nitrogens with one attached hydrogen (secondary N) is 2. The zero-order chi connectivity index (χ0) is 25.1. The molecule has 184 valence electrons. The first-order valence-corrected chi connectivity index (χ1v) is 11.7. The minimum absolute atomic E-state index is 0.151. The van der Waals surface area contributed by atoms with Crippen LogP contribution in [0.25, 0.3) is 0 Å². The summed E-state index contributed by atoms with van der Waals surface area (Å²) in [4.78, 5) is 39.4. The van der Waals surface area contributed by atoms with Crippen molar-refractivity contribution in [3.8, 4) is 11.5 Å². The quantitative estimate of drug-likeness (QED) is 0.426. The van der Waals surface area contributed by atoms with Gasteiger partial charge in [-0.15, -0.1) is 0 Å². The van der Waals surface area contributed by atoms with Crippen molar-refractivity contribution in [3.05, 3.63) is 83.4 Å². The lowest BCUT2D eigenvalue weighted by Crippen LogP contribution is -2.35. The number of hydrogen-bond acceptors (Lipinski definition) is 6. The van der Waals surface area contributed by atoms with Crippen molar-refractivity contribution >= 4 is 29.1 Å². The fraction of sp³-hybridized carbons (Fsp3) is 0.222. The third-order valence-electron chi connectivity index (χ3n) is 6.11. The first-order chi connectivity index (χ1) is 17.5. The Morgan fingerprint density at radius 2 is 1.67 bits per heavy atom. The lowest BCUT2D eigenvalue weighted by molar-refractivity contribution is -0.117. The molecule has 0 atom stereocenters. The van der Waals surface area contributed by atoms with Gasteiger partial charge < -0.3 is 25.8 Å². The fourth-order valence-corrected chi connectivity index (χ4v) is 4.10. The maximum atomic E-state index is 13.0. The van der Waals surface area contributed by atoms with Crippen LogP contribution in [0.5, 0.6) is 11.5 Å². The summed E-state index contributed by atoms with van der Waals surface area (Å²) in [6.45, 7) is 0.905. The molecule has 9 nitrogen and oxygen atoms in total. The molecule has 5 rings (SSSR count). The molecule has 0 radical (unpaired) electrons. The molecule has 3 amide bonds. The second-order valence-electron chi connectivity index (χ2n) is 8.81. The van der Waals surface area contributed by atoms with Crippen molar-refractivity contribution in [2.75, 3.05) is 24.0 Å². The number of carbonyl (C=O) groups excluding carboxylic acids is 3. The number of benzene rings is 3. The summed E-state index contributed by atoms with van der Waals surface area (Å²) in [5, 5.41) is 5.74. The summed E-state index contributed by atoms with van der Waals surface area (Å²) in [5.74, 6) is 0.169. The van der Waals surface area contributed by atoms with Gasteiger partial charge in [0, 0.05) is 29.9 Å². The molecule has 0 bridgehead atoms. The third-order valence-corrected chi connectivity index (χ3v) is 6.11. The van der Waals surface area contributed by atoms with Gasteiger partial charge in [0.25, 0.3) is 5.91 Å². The molecule has 3 aromatic rings. The Morgan fingerprint density at radius 1 is 0.917 bits per heavy atom. The van der Waals surface area contributed by atoms with Gasteiger partial charge in [0.1, 0.15) is 0 Å². The standard InChI is InChI=1S/C27H26N4O5/c28-26(33)18-7-5-17(6-8-18)14-31(20-10-11-20)15-25(32)30-22-4-2-1-3-21(22)27(34)29-19-9-12-23-24(13-19)36-16-35-23/h1-9,12-13,20H,10-11,14-16H2,(H2,28,33)(H,29,34)(H,30,32). The van der Waals surface area contributed by atoms with E-state index in [2.05, 4.69) is 15.5 Å². The molecule has 1 aliphatic carbocycles. The minimum atomic E-state index is -0.471. The van der Waals surface area contributed by atoms with E-state index < -0.39 is 5.91 Å². The van der Waals surface area contributed by atoms with E-state index in [1.807, 2.05) is 12.1 Å². The first-order valence-electron chi connectivity index (χ1n) is 11.7. The molecule has 9 heteroatoms. The van der Waals surface area contributed by atoms with E-state index in [4.69, 9.17) is 15.2 Å². The van der Waals surface area contributed by atoms with Crippen LogP contribution in [-0.2, 0) is 11.3 Å². The highest BCUT2D eigenvalue weighted by Gasteiger charge is 2.30. The third kappa shape index (κ3) is 5.47. The highest BCUT2D eigenvalue weighted by Crippen LogP contribution is 2.34. The van der Waals surface area contributed by atoms with Crippen molar-refractivity contribution in [2.24, 2.45) is 5.73 Å². The van der Waals surface area contributed by atoms with Gasteiger partial charge in [-0.25, -0.2) is 0 Å². The molecule has 1 heterocycles. The van der Waals surface area contributed by atoms with Crippen molar-refractivity contribution in [3.63, 3.8) is 0 Å². The molecule has 1 saturated carbocycles. The molecule has 3 aromatic carbocycles. The Hall–Kier alpha value is -4.37. The summed E-state index contributed by atoms with van der Waals surface area (Å²) in [5.41, 5.74) is 8.10. The maximum absolute atomic E-state index is 13.0. The van der Waals surface area contributed by atoms with Gasteiger partial charge >= 0.3 is 0 Å². The minimum Gasteiger partial charge on any atom is -0.454 e. The Balaban J connectivity index is 1.24. The molecule has 0 aromatic heterocycles. The summed E-state index contributed by atoms with van der Waals surface area (Å²) >= 11 is 0. The van der Waals surface area contributed by atoms with Crippen molar-refractivity contribution in [1.82, 2.24) is 4.90 Å². The number of fused-ring (bicyclic) bond motifs is 1. The van der Waals surface area contributed by atoms with E-state index in [1.54, 1.807) is 54.6 Å². The molecule has 1 aliphatic heterocycles. The molecule has 0 unspecified atom stereocenters. The summed E-state index contributed by atoms with van der Waals surface area (Å²) < 4.78 is 10.7. The maximum Gasteiger partial charge on any atom is 0.257 e. The lowest BCUT2D eigenvalue weighted by Gasteiger charge is -2.22. The van der Waals surface area contributed by atoms with Gasteiger partial charge in [-0.3, -0.25) is 19.3 Å². The van der Waals surface area contributed by atoms with Crippen LogP contribution in [0, 0.1) is 0 Å². The van der Waals surface area contributed by atoms with Crippen LogP contribution in [0.4, 0.5) is 11.4 Å². The fourth-order valence-electron chi connectivity index (χ4n) is 4.10. The van der Waals surface area contributed by atoms with Gasteiger partial charge in [-0.2, -0.15) is 0 Å². The monoisotopic (exact) mass is 486 g/mol. The Bertz CT molecular complexity index is 1300. The summed E-state index contributed by atoms with van der Waals surface area (Å²) in [7, 11) is 0. The number of nitrogens with zero attached hydrogens (tertiary/aromatic N) is 1. The van der Waals surface area contributed by atoms with Gasteiger partial charge in [0.05, 0.1) is 17.8 Å². The van der Waals surface area contributed by atoms with Gasteiger partial charge in [-0.1, -0.05) is 24.3 Å². The van der Waals surface area contributed by atoms with Crippen LogP contribution in [0.1, 0.15) is 39.1 Å². The number of hydrogen-bond donors (Lipinski definition) is 3. The number of primary amides is 1. The highest BCUT2D eigenvalue weighted by atomic mass is 16.7. The summed E-state index contributed by atoms with van der Waals surface area (Å²) in [6, 6.07) is 19.5. The number of nitrogens with two attached hydrogens (primary N) is 1. The van der Waals surface area contributed by atoms with Crippen LogP contribution >= 0.6 is 0 Å². The number of rotatable bonds is 9.